The Kier molecular flexibility index (Phi) is 4.13. The first-order valence-electron chi connectivity index (χ1n) is 4.67. The molecule has 0 saturated carbocycles. The number of alkyl halides is 1. The van der Waals surface area contributed by atoms with Gasteiger partial charge in [0.1, 0.15) is 10.7 Å². The minimum Gasteiger partial charge on any atom is -0.347 e. The number of amides is 1. The molecule has 1 amide bonds. The lowest BCUT2D eigenvalue weighted by Crippen LogP contribution is -2.45. The molecule has 0 spiro atoms. The largest absolute Gasteiger partial charge is 0.347 e. The summed E-state index contributed by atoms with van der Waals surface area (Å²) < 4.78 is 24.5. The van der Waals surface area contributed by atoms with Crippen molar-refractivity contribution in [2.45, 2.75) is 18.9 Å². The number of rotatable bonds is 3. The second-order valence-corrected chi connectivity index (χ2v) is 6.95. The maximum Gasteiger partial charge on any atom is 0.240 e. The normalized spacial score (nSPS) is 23.0. The lowest BCUT2D eigenvalue weighted by atomic mass is 10.2. The maximum absolute atomic E-state index is 11.7. The number of halogens is 1. The minimum absolute atomic E-state index is 0.128. The van der Waals surface area contributed by atoms with E-state index >= 15 is 0 Å². The topological polar surface area (TPSA) is 57.7 Å². The monoisotopic (exact) mass is 298 g/mol. The van der Waals surface area contributed by atoms with Gasteiger partial charge in [-0.3, -0.25) is 4.79 Å². The molecule has 15 heavy (non-hydrogen) atoms. The van der Waals surface area contributed by atoms with Crippen LogP contribution in [0.2, 0.25) is 0 Å². The van der Waals surface area contributed by atoms with Crippen molar-refractivity contribution in [3.05, 3.63) is 0 Å². The van der Waals surface area contributed by atoms with Crippen LogP contribution in [0.15, 0.2) is 0 Å². The van der Waals surface area contributed by atoms with Gasteiger partial charge in [0.05, 0.1) is 0 Å². The molecule has 1 atom stereocenters. The molecule has 0 bridgehead atoms. The molecule has 88 valence electrons. The van der Waals surface area contributed by atoms with Gasteiger partial charge in [-0.2, -0.15) is 4.31 Å². The van der Waals surface area contributed by atoms with Gasteiger partial charge < -0.3 is 4.90 Å². The summed E-state index contributed by atoms with van der Waals surface area (Å²) in [4.78, 5) is 13.2. The van der Waals surface area contributed by atoms with Crippen LogP contribution < -0.4 is 0 Å². The summed E-state index contributed by atoms with van der Waals surface area (Å²) in [6, 6.07) is -0.512. The standard InChI is InChI=1S/C8H15BrN2O3S/c1-10(2)8(12)7-4-3-5-11(7)15(13,14)6-9/h7H,3-6H2,1-2H3. The molecule has 0 N–H and O–H groups in total. The van der Waals surface area contributed by atoms with Crippen LogP contribution in [-0.2, 0) is 14.8 Å². The molecule has 5 nitrogen and oxygen atoms in total. The van der Waals surface area contributed by atoms with E-state index in [1.54, 1.807) is 14.1 Å². The van der Waals surface area contributed by atoms with E-state index in [0.29, 0.717) is 13.0 Å². The fraction of sp³-hybridized carbons (Fsp3) is 0.875. The van der Waals surface area contributed by atoms with E-state index in [9.17, 15) is 13.2 Å². The van der Waals surface area contributed by atoms with Crippen molar-refractivity contribution in [3.8, 4) is 0 Å². The fourth-order valence-corrected chi connectivity index (χ4v) is 3.59. The van der Waals surface area contributed by atoms with Crippen LogP contribution in [0.25, 0.3) is 0 Å². The molecule has 1 saturated heterocycles. The molecule has 0 radical (unpaired) electrons. The number of carbonyl (C=O) groups excluding carboxylic acids is 1. The zero-order valence-corrected chi connectivity index (χ0v) is 11.2. The van der Waals surface area contributed by atoms with E-state index < -0.39 is 16.1 Å². The highest BCUT2D eigenvalue weighted by Gasteiger charge is 2.38. The quantitative estimate of drug-likeness (QED) is 0.701. The van der Waals surface area contributed by atoms with Gasteiger partial charge in [0, 0.05) is 20.6 Å². The third-order valence-electron chi connectivity index (χ3n) is 2.42. The lowest BCUT2D eigenvalue weighted by Gasteiger charge is -2.24. The Morgan fingerprint density at radius 1 is 1.53 bits per heavy atom. The van der Waals surface area contributed by atoms with Crippen molar-refractivity contribution in [1.29, 1.82) is 0 Å². The Bertz CT molecular complexity index is 342. The van der Waals surface area contributed by atoms with Crippen LogP contribution >= 0.6 is 15.9 Å². The zero-order valence-electron chi connectivity index (χ0n) is 8.81. The van der Waals surface area contributed by atoms with E-state index in [1.807, 2.05) is 0 Å². The summed E-state index contributed by atoms with van der Waals surface area (Å²) in [6.45, 7) is 0.443. The van der Waals surface area contributed by atoms with Gasteiger partial charge in [-0.1, -0.05) is 15.9 Å². The van der Waals surface area contributed by atoms with Crippen molar-refractivity contribution in [3.63, 3.8) is 0 Å². The highest BCUT2D eigenvalue weighted by Crippen LogP contribution is 2.23. The third-order valence-corrected chi connectivity index (χ3v) is 5.59. The van der Waals surface area contributed by atoms with Crippen LogP contribution in [0, 0.1) is 0 Å². The highest BCUT2D eigenvalue weighted by molar-refractivity contribution is 9.10. The molecule has 0 aromatic carbocycles. The van der Waals surface area contributed by atoms with Crippen molar-refractivity contribution in [2.24, 2.45) is 0 Å². The number of sulfonamides is 1. The number of carbonyl (C=O) groups is 1. The van der Waals surface area contributed by atoms with Gasteiger partial charge in [0.15, 0.2) is 0 Å². The molecule has 1 rings (SSSR count). The summed E-state index contributed by atoms with van der Waals surface area (Å²) in [6.07, 6.45) is 1.36. The molecule has 0 aromatic heterocycles. The third kappa shape index (κ3) is 2.70. The predicted octanol–water partition coefficient (Wildman–Crippen LogP) is 0.221. The Hall–Kier alpha value is -0.140. The lowest BCUT2D eigenvalue weighted by molar-refractivity contribution is -0.132. The van der Waals surface area contributed by atoms with E-state index in [2.05, 4.69) is 15.9 Å². The van der Waals surface area contributed by atoms with E-state index in [0.717, 1.165) is 6.42 Å². The molecule has 1 fully saturated rings. The fourth-order valence-electron chi connectivity index (χ4n) is 1.68. The molecule has 1 unspecified atom stereocenters. The molecular formula is C8H15BrN2O3S. The average molecular weight is 299 g/mol. The Morgan fingerprint density at radius 2 is 2.13 bits per heavy atom. The number of hydrogen-bond acceptors (Lipinski definition) is 3. The van der Waals surface area contributed by atoms with Gasteiger partial charge in [0.2, 0.25) is 15.9 Å². The maximum atomic E-state index is 11.7. The average Bonchev–Trinajstić information content (AvgIpc) is 2.65. The number of nitrogens with zero attached hydrogens (tertiary/aromatic N) is 2. The highest BCUT2D eigenvalue weighted by atomic mass is 79.9. The molecular weight excluding hydrogens is 284 g/mol. The SMILES string of the molecule is CN(C)C(=O)C1CCCN1S(=O)(=O)CBr. The Labute approximate surface area is 98.6 Å². The van der Waals surface area contributed by atoms with Crippen molar-refractivity contribution >= 4 is 31.9 Å². The first-order valence-corrected chi connectivity index (χ1v) is 7.40. The molecule has 1 heterocycles. The summed E-state index contributed by atoms with van der Waals surface area (Å²) in [5, 5.41) is 0. The summed E-state index contributed by atoms with van der Waals surface area (Å²) in [5.74, 6) is -0.142. The van der Waals surface area contributed by atoms with Crippen LogP contribution in [-0.4, -0.2) is 54.9 Å². The number of hydrogen-bond donors (Lipinski definition) is 0. The van der Waals surface area contributed by atoms with Gasteiger partial charge in [0.25, 0.3) is 0 Å². The smallest absolute Gasteiger partial charge is 0.240 e. The van der Waals surface area contributed by atoms with Crippen molar-refractivity contribution in [1.82, 2.24) is 9.21 Å². The van der Waals surface area contributed by atoms with Crippen LogP contribution in [0.4, 0.5) is 0 Å². The van der Waals surface area contributed by atoms with E-state index in [4.69, 9.17) is 0 Å². The van der Waals surface area contributed by atoms with Crippen LogP contribution in [0.1, 0.15) is 12.8 Å². The Balaban J connectivity index is 2.87. The van der Waals surface area contributed by atoms with E-state index in [1.165, 1.54) is 9.21 Å². The second-order valence-electron chi connectivity index (χ2n) is 3.72. The molecule has 1 aliphatic heterocycles. The summed E-state index contributed by atoms with van der Waals surface area (Å²) in [7, 11) is -0.0462. The Morgan fingerprint density at radius 3 is 2.60 bits per heavy atom. The van der Waals surface area contributed by atoms with Gasteiger partial charge in [-0.15, -0.1) is 0 Å². The minimum atomic E-state index is -3.32. The first-order chi connectivity index (χ1) is 6.90. The number of likely N-dealkylation sites (N-methyl/N-ethyl adjacent to an activating group) is 1. The van der Waals surface area contributed by atoms with E-state index in [-0.39, 0.29) is 10.6 Å². The van der Waals surface area contributed by atoms with Crippen molar-refractivity contribution < 1.29 is 13.2 Å². The van der Waals surface area contributed by atoms with Gasteiger partial charge in [-0.05, 0) is 12.8 Å². The van der Waals surface area contributed by atoms with Crippen LogP contribution in [0.5, 0.6) is 0 Å². The van der Waals surface area contributed by atoms with Crippen LogP contribution in [0.3, 0.4) is 0 Å². The predicted molar refractivity (Wildman–Crippen MR) is 61.1 cm³/mol. The summed E-state index contributed by atoms with van der Waals surface area (Å²) in [5.41, 5.74) is 0. The van der Waals surface area contributed by atoms with Crippen molar-refractivity contribution in [2.75, 3.05) is 25.3 Å². The molecule has 0 aliphatic carbocycles. The molecule has 7 heteroatoms. The molecule has 1 aliphatic rings. The summed E-state index contributed by atoms with van der Waals surface area (Å²) >= 11 is 2.94. The molecule has 0 aromatic rings. The van der Waals surface area contributed by atoms with Gasteiger partial charge in [-0.25, -0.2) is 8.42 Å². The second kappa shape index (κ2) is 4.80. The van der Waals surface area contributed by atoms with Gasteiger partial charge >= 0.3 is 0 Å². The zero-order chi connectivity index (χ0) is 11.6. The first kappa shape index (κ1) is 12.9.